The van der Waals surface area contributed by atoms with Gasteiger partial charge in [0.1, 0.15) is 0 Å². The number of nitrogens with two attached hydrogens (primary N) is 1. The summed E-state index contributed by atoms with van der Waals surface area (Å²) in [7, 11) is 0. The Morgan fingerprint density at radius 3 is 2.50 bits per heavy atom. The summed E-state index contributed by atoms with van der Waals surface area (Å²) in [4.78, 5) is 15.1. The lowest BCUT2D eigenvalue weighted by Crippen LogP contribution is -2.41. The number of benzene rings is 1. The molecule has 2 aliphatic rings. The van der Waals surface area contributed by atoms with Crippen LogP contribution in [0.1, 0.15) is 63.4 Å². The van der Waals surface area contributed by atoms with Gasteiger partial charge in [-0.3, -0.25) is 4.79 Å². The van der Waals surface area contributed by atoms with Crippen molar-refractivity contribution in [3.63, 3.8) is 0 Å². The highest BCUT2D eigenvalue weighted by molar-refractivity contribution is 5.85. The standard InChI is InChI=1S/C20H30N2O.ClH/c1-16-12-18(17-8-4-2-5-9-17)14-22(16)19(23)13-20(15-21)10-6-3-7-11-20;/h2,4-5,8-9,16,18H,3,6-7,10-15,21H2,1H3;1H. The fraction of sp³-hybridized carbons (Fsp3) is 0.650. The Labute approximate surface area is 152 Å². The number of hydrogen-bond acceptors (Lipinski definition) is 2. The van der Waals surface area contributed by atoms with Crippen LogP contribution in [0.15, 0.2) is 30.3 Å². The van der Waals surface area contributed by atoms with Crippen LogP contribution >= 0.6 is 12.4 Å². The SMILES string of the molecule is CC1CC(c2ccccc2)CN1C(=O)CC1(CN)CCCCC1.Cl. The maximum atomic E-state index is 12.9. The van der Waals surface area contributed by atoms with Crippen LogP contribution in [-0.2, 0) is 4.79 Å². The van der Waals surface area contributed by atoms with Crippen molar-refractivity contribution < 1.29 is 4.79 Å². The summed E-state index contributed by atoms with van der Waals surface area (Å²) in [6, 6.07) is 11.0. The zero-order valence-electron chi connectivity index (χ0n) is 14.7. The highest BCUT2D eigenvalue weighted by Crippen LogP contribution is 2.40. The molecule has 24 heavy (non-hydrogen) atoms. The van der Waals surface area contributed by atoms with Crippen LogP contribution in [0.5, 0.6) is 0 Å². The van der Waals surface area contributed by atoms with Crippen molar-refractivity contribution in [1.82, 2.24) is 4.90 Å². The number of likely N-dealkylation sites (tertiary alicyclic amines) is 1. The Bertz CT molecular complexity index is 528. The lowest BCUT2D eigenvalue weighted by molar-refractivity contribution is -0.134. The normalized spacial score (nSPS) is 26.0. The van der Waals surface area contributed by atoms with Crippen LogP contribution in [0.25, 0.3) is 0 Å². The largest absolute Gasteiger partial charge is 0.339 e. The second-order valence-electron chi connectivity index (χ2n) is 7.68. The van der Waals surface area contributed by atoms with Gasteiger partial charge in [-0.15, -0.1) is 12.4 Å². The summed E-state index contributed by atoms with van der Waals surface area (Å²) in [5.41, 5.74) is 7.50. The van der Waals surface area contributed by atoms with Crippen molar-refractivity contribution in [2.45, 2.75) is 63.8 Å². The van der Waals surface area contributed by atoms with E-state index in [0.717, 1.165) is 25.8 Å². The Morgan fingerprint density at radius 2 is 1.88 bits per heavy atom. The molecule has 134 valence electrons. The van der Waals surface area contributed by atoms with Crippen LogP contribution < -0.4 is 5.73 Å². The van der Waals surface area contributed by atoms with E-state index in [2.05, 4.69) is 42.2 Å². The Kier molecular flexibility index (Phi) is 6.70. The molecule has 2 N–H and O–H groups in total. The zero-order valence-corrected chi connectivity index (χ0v) is 15.6. The molecule has 1 aromatic carbocycles. The molecule has 0 aromatic heterocycles. The summed E-state index contributed by atoms with van der Waals surface area (Å²) in [5.74, 6) is 0.804. The van der Waals surface area contributed by atoms with Crippen molar-refractivity contribution >= 4 is 18.3 Å². The molecule has 1 aliphatic carbocycles. The van der Waals surface area contributed by atoms with Crippen LogP contribution in [0, 0.1) is 5.41 Å². The van der Waals surface area contributed by atoms with Crippen molar-refractivity contribution in [1.29, 1.82) is 0 Å². The van der Waals surface area contributed by atoms with Crippen molar-refractivity contribution in [3.8, 4) is 0 Å². The van der Waals surface area contributed by atoms with Gasteiger partial charge in [-0.2, -0.15) is 0 Å². The fourth-order valence-electron chi connectivity index (χ4n) is 4.52. The predicted octanol–water partition coefficient (Wildman–Crippen LogP) is 4.11. The molecule has 1 saturated carbocycles. The minimum atomic E-state index is 0. The lowest BCUT2D eigenvalue weighted by atomic mass is 9.71. The van der Waals surface area contributed by atoms with E-state index >= 15 is 0 Å². The van der Waals surface area contributed by atoms with Gasteiger partial charge in [0, 0.05) is 24.9 Å². The summed E-state index contributed by atoms with van der Waals surface area (Å²) < 4.78 is 0. The lowest BCUT2D eigenvalue weighted by Gasteiger charge is -2.37. The number of carbonyl (C=O) groups excluding carboxylic acids is 1. The van der Waals surface area contributed by atoms with Gasteiger partial charge in [-0.05, 0) is 43.7 Å². The Hall–Kier alpha value is -1.06. The third kappa shape index (κ3) is 4.12. The zero-order chi connectivity index (χ0) is 16.3. The van der Waals surface area contributed by atoms with Crippen molar-refractivity contribution in [2.24, 2.45) is 11.1 Å². The molecule has 3 rings (SSSR count). The van der Waals surface area contributed by atoms with Gasteiger partial charge < -0.3 is 10.6 Å². The van der Waals surface area contributed by atoms with Gasteiger partial charge >= 0.3 is 0 Å². The van der Waals surface area contributed by atoms with Gasteiger partial charge in [-0.1, -0.05) is 49.6 Å². The molecule has 1 amide bonds. The molecule has 4 heteroatoms. The summed E-state index contributed by atoms with van der Waals surface area (Å²) in [6.07, 6.45) is 7.73. The van der Waals surface area contributed by atoms with Gasteiger partial charge in [0.15, 0.2) is 0 Å². The van der Waals surface area contributed by atoms with E-state index in [4.69, 9.17) is 5.73 Å². The van der Waals surface area contributed by atoms with E-state index in [0.29, 0.717) is 30.8 Å². The first-order chi connectivity index (χ1) is 11.1. The second kappa shape index (κ2) is 8.35. The molecule has 2 atom stereocenters. The smallest absolute Gasteiger partial charge is 0.223 e. The highest BCUT2D eigenvalue weighted by atomic mass is 35.5. The van der Waals surface area contributed by atoms with Crippen LogP contribution in [0.3, 0.4) is 0 Å². The molecule has 1 aliphatic heterocycles. The van der Waals surface area contributed by atoms with E-state index in [9.17, 15) is 4.79 Å². The third-order valence-electron chi connectivity index (χ3n) is 6.04. The van der Waals surface area contributed by atoms with Gasteiger partial charge in [-0.25, -0.2) is 0 Å². The van der Waals surface area contributed by atoms with E-state index in [1.807, 2.05) is 0 Å². The molecule has 1 aromatic rings. The Balaban J connectivity index is 0.00000208. The monoisotopic (exact) mass is 350 g/mol. The average Bonchev–Trinajstić information content (AvgIpc) is 2.98. The van der Waals surface area contributed by atoms with Gasteiger partial charge in [0.05, 0.1) is 0 Å². The first-order valence-electron chi connectivity index (χ1n) is 9.18. The Morgan fingerprint density at radius 1 is 1.21 bits per heavy atom. The number of rotatable bonds is 4. The van der Waals surface area contributed by atoms with Gasteiger partial charge in [0.25, 0.3) is 0 Å². The van der Waals surface area contributed by atoms with Crippen LogP contribution in [0.2, 0.25) is 0 Å². The molecule has 2 unspecified atom stereocenters. The highest BCUT2D eigenvalue weighted by Gasteiger charge is 2.38. The van der Waals surface area contributed by atoms with E-state index in [-0.39, 0.29) is 17.8 Å². The first-order valence-corrected chi connectivity index (χ1v) is 9.18. The molecule has 0 radical (unpaired) electrons. The molecule has 2 fully saturated rings. The fourth-order valence-corrected chi connectivity index (χ4v) is 4.52. The molecule has 0 bridgehead atoms. The summed E-state index contributed by atoms with van der Waals surface area (Å²) >= 11 is 0. The van der Waals surface area contributed by atoms with Crippen molar-refractivity contribution in [2.75, 3.05) is 13.1 Å². The number of halogens is 1. The van der Waals surface area contributed by atoms with Crippen LogP contribution in [0.4, 0.5) is 0 Å². The summed E-state index contributed by atoms with van der Waals surface area (Å²) in [6.45, 7) is 3.71. The van der Waals surface area contributed by atoms with E-state index in [1.165, 1.54) is 24.8 Å². The number of amides is 1. The van der Waals surface area contributed by atoms with E-state index in [1.54, 1.807) is 0 Å². The second-order valence-corrected chi connectivity index (χ2v) is 7.68. The molecular weight excluding hydrogens is 320 g/mol. The number of carbonyl (C=O) groups is 1. The first kappa shape index (κ1) is 19.3. The predicted molar refractivity (Wildman–Crippen MR) is 101 cm³/mol. The van der Waals surface area contributed by atoms with Crippen LogP contribution in [-0.4, -0.2) is 29.9 Å². The molecule has 3 nitrogen and oxygen atoms in total. The average molecular weight is 351 g/mol. The molecule has 0 spiro atoms. The summed E-state index contributed by atoms with van der Waals surface area (Å²) in [5, 5.41) is 0. The molecule has 1 saturated heterocycles. The third-order valence-corrected chi connectivity index (χ3v) is 6.04. The quantitative estimate of drug-likeness (QED) is 0.888. The minimum Gasteiger partial charge on any atom is -0.339 e. The maximum absolute atomic E-state index is 12.9. The molecule has 1 heterocycles. The minimum absolute atomic E-state index is 0. The number of hydrogen-bond donors (Lipinski definition) is 1. The number of nitrogens with zero attached hydrogens (tertiary/aromatic N) is 1. The van der Waals surface area contributed by atoms with Crippen molar-refractivity contribution in [3.05, 3.63) is 35.9 Å². The topological polar surface area (TPSA) is 46.3 Å². The van der Waals surface area contributed by atoms with Gasteiger partial charge in [0.2, 0.25) is 5.91 Å². The maximum Gasteiger partial charge on any atom is 0.223 e. The van der Waals surface area contributed by atoms with E-state index < -0.39 is 0 Å². The molecular formula is C20H31ClN2O.